The topological polar surface area (TPSA) is 73.6 Å². The van der Waals surface area contributed by atoms with E-state index in [1.165, 1.54) is 21.8 Å². The molecule has 0 N–H and O–H groups in total. The number of nitrogens with zero attached hydrogens (tertiary/aromatic N) is 3. The first-order valence-electron chi connectivity index (χ1n) is 8.10. The molecule has 0 aliphatic heterocycles. The van der Waals surface area contributed by atoms with Crippen LogP contribution in [0.4, 0.5) is 0 Å². The predicted molar refractivity (Wildman–Crippen MR) is 96.2 cm³/mol. The van der Waals surface area contributed by atoms with Crippen LogP contribution < -0.4 is 5.56 Å². The zero-order chi connectivity index (χ0) is 18.0. The molecule has 6 nitrogen and oxygen atoms in total. The minimum atomic E-state index is -0.428. The van der Waals surface area contributed by atoms with Crippen LogP contribution >= 0.6 is 11.3 Å². The van der Waals surface area contributed by atoms with Crippen molar-refractivity contribution in [1.82, 2.24) is 14.4 Å². The average Bonchev–Trinajstić information content (AvgIpc) is 2.94. The van der Waals surface area contributed by atoms with Crippen LogP contribution in [-0.4, -0.2) is 20.3 Å². The number of rotatable bonds is 5. The minimum Gasteiger partial charge on any atom is -0.455 e. The number of aryl methyl sites for hydroxylation is 3. The number of hydrogen-bond acceptors (Lipinski definition) is 6. The quantitative estimate of drug-likeness (QED) is 0.656. The summed E-state index contributed by atoms with van der Waals surface area (Å²) in [6.45, 7) is 5.74. The van der Waals surface area contributed by atoms with Crippen molar-refractivity contribution in [3.63, 3.8) is 0 Å². The molecule has 0 unspecified atom stereocenters. The second-order valence-electron chi connectivity index (χ2n) is 5.87. The maximum atomic E-state index is 12.3. The van der Waals surface area contributed by atoms with Crippen LogP contribution in [0, 0.1) is 13.8 Å². The molecule has 0 saturated carbocycles. The molecule has 0 saturated heterocycles. The van der Waals surface area contributed by atoms with Gasteiger partial charge in [0.15, 0.2) is 0 Å². The van der Waals surface area contributed by atoms with Gasteiger partial charge in [-0.15, -0.1) is 11.3 Å². The Morgan fingerprint density at radius 3 is 2.84 bits per heavy atom. The van der Waals surface area contributed by atoms with Gasteiger partial charge in [0, 0.05) is 12.3 Å². The lowest BCUT2D eigenvalue weighted by molar-refractivity contribution is 0.0472. The number of ether oxygens (including phenoxy) is 1. The molecule has 3 rings (SSSR count). The highest BCUT2D eigenvalue weighted by Crippen LogP contribution is 2.20. The predicted octanol–water partition coefficient (Wildman–Crippen LogP) is 3.08. The van der Waals surface area contributed by atoms with Gasteiger partial charge >= 0.3 is 5.97 Å². The van der Waals surface area contributed by atoms with Crippen molar-refractivity contribution in [3.8, 4) is 0 Å². The number of hydrogen-bond donors (Lipinski definition) is 0. The van der Waals surface area contributed by atoms with Crippen molar-refractivity contribution in [2.24, 2.45) is 0 Å². The van der Waals surface area contributed by atoms with Crippen molar-refractivity contribution >= 4 is 23.0 Å². The van der Waals surface area contributed by atoms with Crippen LogP contribution in [0.5, 0.6) is 0 Å². The Kier molecular flexibility index (Phi) is 4.94. The minimum absolute atomic E-state index is 0.0428. The highest BCUT2D eigenvalue weighted by atomic mass is 32.1. The number of carbonyl (C=O) groups is 1. The number of carbonyl (C=O) groups excluding carboxylic acids is 1. The van der Waals surface area contributed by atoms with Gasteiger partial charge in [0.05, 0.1) is 16.4 Å². The molecule has 0 radical (unpaired) electrons. The molecular formula is C18H19N3O3S. The molecule has 0 amide bonds. The fourth-order valence-electron chi connectivity index (χ4n) is 2.50. The van der Waals surface area contributed by atoms with E-state index in [1.54, 1.807) is 19.2 Å². The molecule has 0 spiro atoms. The molecule has 25 heavy (non-hydrogen) atoms. The third-order valence-corrected chi connectivity index (χ3v) is 4.90. The number of esters is 1. The van der Waals surface area contributed by atoms with Gasteiger partial charge in [-0.2, -0.15) is 0 Å². The lowest BCUT2D eigenvalue weighted by atomic mass is 10.3. The largest absolute Gasteiger partial charge is 0.455 e. The van der Waals surface area contributed by atoms with E-state index < -0.39 is 5.97 Å². The monoisotopic (exact) mass is 357 g/mol. The molecule has 7 heteroatoms. The van der Waals surface area contributed by atoms with E-state index in [0.717, 1.165) is 23.4 Å². The normalized spacial score (nSPS) is 11.0. The van der Waals surface area contributed by atoms with Crippen molar-refractivity contribution in [2.45, 2.75) is 40.2 Å². The second-order valence-corrected chi connectivity index (χ2v) is 6.95. The van der Waals surface area contributed by atoms with Gasteiger partial charge in [0.1, 0.15) is 17.1 Å². The summed E-state index contributed by atoms with van der Waals surface area (Å²) >= 11 is 1.36. The van der Waals surface area contributed by atoms with Crippen LogP contribution in [0.1, 0.15) is 45.0 Å². The van der Waals surface area contributed by atoms with Crippen LogP contribution in [0.2, 0.25) is 0 Å². The maximum Gasteiger partial charge on any atom is 0.350 e. The number of aromatic nitrogens is 3. The van der Waals surface area contributed by atoms with Crippen LogP contribution in [0.15, 0.2) is 29.2 Å². The van der Waals surface area contributed by atoms with E-state index in [4.69, 9.17) is 4.74 Å². The van der Waals surface area contributed by atoms with Crippen molar-refractivity contribution in [1.29, 1.82) is 0 Å². The number of thiazole rings is 1. The van der Waals surface area contributed by atoms with Gasteiger partial charge in [0.2, 0.25) is 0 Å². The second kappa shape index (κ2) is 7.14. The summed E-state index contributed by atoms with van der Waals surface area (Å²) in [7, 11) is 0. The molecule has 0 bridgehead atoms. The first-order valence-corrected chi connectivity index (χ1v) is 8.92. The lowest BCUT2D eigenvalue weighted by Crippen LogP contribution is -2.16. The van der Waals surface area contributed by atoms with E-state index in [0.29, 0.717) is 21.9 Å². The fraction of sp³-hybridized carbons (Fsp3) is 0.333. The summed E-state index contributed by atoms with van der Waals surface area (Å²) in [6, 6.07) is 5.04. The Balaban J connectivity index is 1.77. The highest BCUT2D eigenvalue weighted by Gasteiger charge is 2.17. The smallest absolute Gasteiger partial charge is 0.350 e. The summed E-state index contributed by atoms with van der Waals surface area (Å²) < 4.78 is 6.81. The first kappa shape index (κ1) is 17.3. The standard InChI is InChI=1S/C18H19N3O3S/c1-4-5-15-19-12(3)17(25-15)18(23)24-10-13-8-16(22)21-9-11(2)6-7-14(21)20-13/h6-9H,4-5,10H2,1-3H3. The highest BCUT2D eigenvalue weighted by molar-refractivity contribution is 7.13. The molecular weight excluding hydrogens is 338 g/mol. The average molecular weight is 357 g/mol. The molecule has 3 heterocycles. The Bertz CT molecular complexity index is 991. The maximum absolute atomic E-state index is 12.3. The Labute approximate surface area is 149 Å². The summed E-state index contributed by atoms with van der Waals surface area (Å²) in [5, 5.41) is 0.935. The summed E-state index contributed by atoms with van der Waals surface area (Å²) in [4.78, 5) is 33.7. The van der Waals surface area contributed by atoms with Gasteiger partial charge in [-0.3, -0.25) is 9.20 Å². The Morgan fingerprint density at radius 1 is 1.28 bits per heavy atom. The van der Waals surface area contributed by atoms with Crippen molar-refractivity contribution in [3.05, 3.63) is 61.6 Å². The molecule has 0 fully saturated rings. The third kappa shape index (κ3) is 3.76. The van der Waals surface area contributed by atoms with Crippen molar-refractivity contribution in [2.75, 3.05) is 0 Å². The van der Waals surface area contributed by atoms with Crippen molar-refractivity contribution < 1.29 is 9.53 Å². The van der Waals surface area contributed by atoms with Gasteiger partial charge in [-0.25, -0.2) is 14.8 Å². The molecule has 0 aliphatic rings. The SMILES string of the molecule is CCCc1nc(C)c(C(=O)OCc2cc(=O)n3cc(C)ccc3n2)s1. The van der Waals surface area contributed by atoms with Gasteiger partial charge in [0.25, 0.3) is 5.56 Å². The fourth-order valence-corrected chi connectivity index (χ4v) is 3.56. The number of fused-ring (bicyclic) bond motifs is 1. The molecule has 130 valence electrons. The molecule has 0 atom stereocenters. The molecule has 0 aromatic carbocycles. The van der Waals surface area contributed by atoms with E-state index >= 15 is 0 Å². The Morgan fingerprint density at radius 2 is 2.08 bits per heavy atom. The zero-order valence-electron chi connectivity index (χ0n) is 14.4. The third-order valence-electron chi connectivity index (χ3n) is 3.70. The Hall–Kier alpha value is -2.54. The van der Waals surface area contributed by atoms with E-state index in [9.17, 15) is 9.59 Å². The van der Waals surface area contributed by atoms with Crippen LogP contribution in [0.3, 0.4) is 0 Å². The summed E-state index contributed by atoms with van der Waals surface area (Å²) in [5.41, 5.74) is 2.42. The van der Waals surface area contributed by atoms with Crippen LogP contribution in [-0.2, 0) is 17.8 Å². The van der Waals surface area contributed by atoms with Crippen LogP contribution in [0.25, 0.3) is 5.65 Å². The summed E-state index contributed by atoms with van der Waals surface area (Å²) in [5.74, 6) is -0.428. The first-order chi connectivity index (χ1) is 12.0. The number of pyridine rings is 1. The zero-order valence-corrected chi connectivity index (χ0v) is 15.2. The molecule has 0 aliphatic carbocycles. The van der Waals surface area contributed by atoms with E-state index in [2.05, 4.69) is 16.9 Å². The van der Waals surface area contributed by atoms with E-state index in [-0.39, 0.29) is 12.2 Å². The van der Waals surface area contributed by atoms with Gasteiger partial charge in [-0.1, -0.05) is 13.0 Å². The summed E-state index contributed by atoms with van der Waals surface area (Å²) in [6.07, 6.45) is 3.56. The lowest BCUT2D eigenvalue weighted by Gasteiger charge is -2.06. The van der Waals surface area contributed by atoms with E-state index in [1.807, 2.05) is 13.0 Å². The van der Waals surface area contributed by atoms with Gasteiger partial charge < -0.3 is 4.74 Å². The molecule has 3 aromatic rings. The molecule has 3 aromatic heterocycles. The van der Waals surface area contributed by atoms with Gasteiger partial charge in [-0.05, 0) is 38.3 Å².